The zero-order chi connectivity index (χ0) is 20.6. The molecular weight excluding hydrogens is 364 g/mol. The van der Waals surface area contributed by atoms with Gasteiger partial charge in [-0.25, -0.2) is 4.79 Å². The van der Waals surface area contributed by atoms with Crippen molar-refractivity contribution in [2.75, 3.05) is 0 Å². The Bertz CT molecular complexity index is 983. The Hall–Kier alpha value is -2.40. The van der Waals surface area contributed by atoms with Crippen LogP contribution >= 0.6 is 0 Å². The van der Waals surface area contributed by atoms with Gasteiger partial charge >= 0.3 is 5.97 Å². The summed E-state index contributed by atoms with van der Waals surface area (Å²) in [6.07, 6.45) is 5.73. The number of aromatic nitrogens is 2. The van der Waals surface area contributed by atoms with Crippen molar-refractivity contribution in [2.24, 2.45) is 0 Å². The average molecular weight is 395 g/mol. The van der Waals surface area contributed by atoms with Crippen molar-refractivity contribution >= 4 is 25.0 Å². The van der Waals surface area contributed by atoms with Crippen molar-refractivity contribution in [2.45, 2.75) is 58.2 Å². The molecule has 0 aliphatic rings. The van der Waals surface area contributed by atoms with Crippen LogP contribution < -0.4 is 0 Å². The molecule has 148 valence electrons. The number of carbonyl (C=O) groups is 1. The number of carboxylic acid groups (broad SMARTS) is 1. The molecule has 2 heterocycles. The maximum atomic E-state index is 12.2. The van der Waals surface area contributed by atoms with Crippen molar-refractivity contribution in [3.05, 3.63) is 54.6 Å². The second kappa shape index (κ2) is 7.55. The van der Waals surface area contributed by atoms with Gasteiger partial charge in [0.2, 0.25) is 0 Å². The second-order valence-electron chi connectivity index (χ2n) is 8.58. The Morgan fingerprint density at radius 2 is 1.57 bits per heavy atom. The fourth-order valence-electron chi connectivity index (χ4n) is 5.20. The lowest BCUT2D eigenvalue weighted by atomic mass is 10.0. The van der Waals surface area contributed by atoms with Crippen LogP contribution in [0.3, 0.4) is 0 Å². The van der Waals surface area contributed by atoms with E-state index in [9.17, 15) is 9.90 Å². The van der Waals surface area contributed by atoms with Crippen LogP contribution in [0, 0.1) is 0 Å². The van der Waals surface area contributed by atoms with E-state index in [1.54, 1.807) is 6.20 Å². The van der Waals surface area contributed by atoms with E-state index in [-0.39, 0.29) is 0 Å². The molecule has 28 heavy (non-hydrogen) atoms. The number of nitrogens with zero attached hydrogens (tertiary/aromatic N) is 2. The topological polar surface area (TPSA) is 55.1 Å². The molecule has 0 aliphatic carbocycles. The molecule has 3 aromatic rings. The summed E-state index contributed by atoms with van der Waals surface area (Å²) in [7, 11) is -2.15. The first kappa shape index (κ1) is 20.3. The van der Waals surface area contributed by atoms with Gasteiger partial charge < -0.3 is 9.34 Å². The largest absolute Gasteiger partial charge is 0.477 e. The lowest BCUT2D eigenvalue weighted by Gasteiger charge is -2.44. The van der Waals surface area contributed by atoms with Crippen LogP contribution in [0.1, 0.15) is 52.0 Å². The van der Waals surface area contributed by atoms with E-state index in [2.05, 4.69) is 69.1 Å². The number of hydrogen-bond donors (Lipinski definition) is 1. The number of hydrogen-bond acceptors (Lipinski definition) is 2. The molecule has 0 atom stereocenters. The Kier molecular flexibility index (Phi) is 5.48. The standard InChI is InChI=1S/C23H30N2O2Si/c1-15(2)28(16(3)4,17(5)6)25-14-21(12-22(25)23(26)27)18-7-8-20-13-24-10-9-19(20)11-18/h7-17H,1-6H3,(H,26,27). The van der Waals surface area contributed by atoms with Crippen molar-refractivity contribution < 1.29 is 9.90 Å². The molecule has 0 saturated heterocycles. The molecule has 3 rings (SSSR count). The minimum absolute atomic E-state index is 0.410. The van der Waals surface area contributed by atoms with Crippen LogP contribution in [0.5, 0.6) is 0 Å². The Balaban J connectivity index is 2.25. The highest BCUT2D eigenvalue weighted by Gasteiger charge is 2.46. The molecule has 0 saturated carbocycles. The second-order valence-corrected chi connectivity index (χ2v) is 14.3. The first-order valence-electron chi connectivity index (χ1n) is 9.99. The molecule has 0 unspecified atom stereocenters. The number of rotatable bonds is 6. The molecule has 0 bridgehead atoms. The molecule has 2 aromatic heterocycles. The molecular formula is C23H30N2O2Si. The molecule has 5 heteroatoms. The Labute approximate surface area is 168 Å². The molecule has 1 aromatic carbocycles. The maximum absolute atomic E-state index is 12.2. The van der Waals surface area contributed by atoms with E-state index in [1.807, 2.05) is 24.4 Å². The highest BCUT2D eigenvalue weighted by molar-refractivity contribution is 6.82. The molecule has 0 radical (unpaired) electrons. The highest BCUT2D eigenvalue weighted by atomic mass is 28.3. The van der Waals surface area contributed by atoms with Gasteiger partial charge in [-0.05, 0) is 51.3 Å². The van der Waals surface area contributed by atoms with Crippen molar-refractivity contribution in [3.8, 4) is 11.1 Å². The first-order chi connectivity index (χ1) is 13.2. The van der Waals surface area contributed by atoms with Gasteiger partial charge in [-0.15, -0.1) is 0 Å². The summed E-state index contributed by atoms with van der Waals surface area (Å²) in [6, 6.07) is 10.1. The Morgan fingerprint density at radius 1 is 0.929 bits per heavy atom. The monoisotopic (exact) mass is 394 g/mol. The summed E-state index contributed by atoms with van der Waals surface area (Å²) in [5.74, 6) is -0.852. The van der Waals surface area contributed by atoms with Gasteiger partial charge in [0.1, 0.15) is 5.69 Å². The predicted molar refractivity (Wildman–Crippen MR) is 119 cm³/mol. The molecule has 0 aliphatic heterocycles. The minimum Gasteiger partial charge on any atom is -0.477 e. The third-order valence-corrected chi connectivity index (χ3v) is 13.0. The minimum atomic E-state index is -2.15. The van der Waals surface area contributed by atoms with Gasteiger partial charge in [0.25, 0.3) is 0 Å². The van der Waals surface area contributed by atoms with E-state index >= 15 is 0 Å². The molecule has 0 spiro atoms. The summed E-state index contributed by atoms with van der Waals surface area (Å²) in [5.41, 5.74) is 3.69. The molecule has 1 N–H and O–H groups in total. The average Bonchev–Trinajstić information content (AvgIpc) is 3.06. The zero-order valence-electron chi connectivity index (χ0n) is 17.6. The normalized spacial score (nSPS) is 12.5. The zero-order valence-corrected chi connectivity index (χ0v) is 18.6. The quantitative estimate of drug-likeness (QED) is 0.490. The van der Waals surface area contributed by atoms with Crippen LogP contribution in [-0.4, -0.2) is 28.5 Å². The van der Waals surface area contributed by atoms with E-state index < -0.39 is 14.2 Å². The Morgan fingerprint density at radius 3 is 2.14 bits per heavy atom. The summed E-state index contributed by atoms with van der Waals surface area (Å²) in [4.78, 5) is 16.4. The van der Waals surface area contributed by atoms with E-state index in [0.717, 1.165) is 21.9 Å². The predicted octanol–water partition coefficient (Wildman–Crippen LogP) is 6.43. The lowest BCUT2D eigenvalue weighted by molar-refractivity contribution is 0.0689. The van der Waals surface area contributed by atoms with Crippen molar-refractivity contribution in [1.29, 1.82) is 0 Å². The van der Waals surface area contributed by atoms with E-state index in [4.69, 9.17) is 0 Å². The fraction of sp³-hybridized carbons (Fsp3) is 0.391. The fourth-order valence-corrected chi connectivity index (χ4v) is 11.8. The number of carboxylic acids is 1. The van der Waals surface area contributed by atoms with Crippen LogP contribution in [-0.2, 0) is 0 Å². The van der Waals surface area contributed by atoms with Crippen LogP contribution in [0.4, 0.5) is 0 Å². The molecule has 4 nitrogen and oxygen atoms in total. The highest BCUT2D eigenvalue weighted by Crippen LogP contribution is 2.44. The van der Waals surface area contributed by atoms with Gasteiger partial charge in [0.05, 0.1) is 0 Å². The molecule has 0 fully saturated rings. The maximum Gasteiger partial charge on any atom is 0.351 e. The van der Waals surface area contributed by atoms with Gasteiger partial charge in [-0.1, -0.05) is 53.7 Å². The SMILES string of the molecule is CC(C)[Si](C(C)C)(C(C)C)n1cc(-c2ccc3cnccc3c2)cc1C(=O)O. The van der Waals surface area contributed by atoms with Gasteiger partial charge in [-0.3, -0.25) is 4.98 Å². The summed E-state index contributed by atoms with van der Waals surface area (Å²) >= 11 is 0. The number of benzene rings is 1. The lowest BCUT2D eigenvalue weighted by Crippen LogP contribution is -2.52. The van der Waals surface area contributed by atoms with Crippen molar-refractivity contribution in [1.82, 2.24) is 9.22 Å². The van der Waals surface area contributed by atoms with Gasteiger partial charge in [0, 0.05) is 24.0 Å². The number of fused-ring (bicyclic) bond motifs is 1. The van der Waals surface area contributed by atoms with Gasteiger partial charge in [-0.2, -0.15) is 0 Å². The smallest absolute Gasteiger partial charge is 0.351 e. The first-order valence-corrected chi connectivity index (χ1v) is 12.2. The summed E-state index contributed by atoms with van der Waals surface area (Å²) < 4.78 is 2.17. The number of aromatic carboxylic acids is 1. The van der Waals surface area contributed by atoms with E-state index in [0.29, 0.717) is 22.3 Å². The third kappa shape index (κ3) is 3.18. The molecule has 0 amide bonds. The summed E-state index contributed by atoms with van der Waals surface area (Å²) in [5, 5.41) is 12.2. The van der Waals surface area contributed by atoms with Gasteiger partial charge in [0.15, 0.2) is 8.24 Å². The van der Waals surface area contributed by atoms with Crippen LogP contribution in [0.25, 0.3) is 21.9 Å². The van der Waals surface area contributed by atoms with Crippen LogP contribution in [0.15, 0.2) is 48.9 Å². The third-order valence-electron chi connectivity index (χ3n) is 6.20. The number of pyridine rings is 1. The van der Waals surface area contributed by atoms with Crippen molar-refractivity contribution in [3.63, 3.8) is 0 Å². The van der Waals surface area contributed by atoms with E-state index in [1.165, 1.54) is 0 Å². The summed E-state index contributed by atoms with van der Waals surface area (Å²) in [6.45, 7) is 13.5. The van der Waals surface area contributed by atoms with Crippen LogP contribution in [0.2, 0.25) is 16.6 Å².